The van der Waals surface area contributed by atoms with Crippen molar-refractivity contribution in [2.75, 3.05) is 19.7 Å². The van der Waals surface area contributed by atoms with Crippen LogP contribution in [0.3, 0.4) is 0 Å². The Labute approximate surface area is 223 Å². The average molecular weight is 529 g/mol. The topological polar surface area (TPSA) is 94.1 Å². The summed E-state index contributed by atoms with van der Waals surface area (Å²) in [5.74, 6) is 0.709. The number of carbonyl (C=O) groups is 1. The third kappa shape index (κ3) is 7.94. The zero-order valence-electron chi connectivity index (χ0n) is 22.0. The van der Waals surface area contributed by atoms with Gasteiger partial charge >= 0.3 is 6.09 Å². The first kappa shape index (κ1) is 27.9. The van der Waals surface area contributed by atoms with E-state index in [0.717, 1.165) is 37.0 Å². The zero-order chi connectivity index (χ0) is 26.4. The van der Waals surface area contributed by atoms with Crippen molar-refractivity contribution >= 4 is 17.5 Å². The van der Waals surface area contributed by atoms with E-state index < -0.39 is 29.6 Å². The molecule has 1 saturated heterocycles. The monoisotopic (exact) mass is 528 g/mol. The number of hydrogen-bond acceptors (Lipinski definition) is 6. The van der Waals surface area contributed by atoms with Crippen LogP contribution in [0.1, 0.15) is 44.2 Å². The average Bonchev–Trinajstić information content (AvgIpc) is 3.45. The summed E-state index contributed by atoms with van der Waals surface area (Å²) in [6, 6.07) is 16.8. The van der Waals surface area contributed by atoms with E-state index in [-0.39, 0.29) is 24.7 Å². The number of rotatable bonds is 11. The van der Waals surface area contributed by atoms with Crippen molar-refractivity contribution in [3.05, 3.63) is 65.7 Å². The highest BCUT2D eigenvalue weighted by Gasteiger charge is 2.40. The Kier molecular flexibility index (Phi) is 9.90. The Morgan fingerprint density at radius 1 is 1.16 bits per heavy atom. The van der Waals surface area contributed by atoms with Crippen LogP contribution in [0.15, 0.2) is 59.5 Å². The lowest BCUT2D eigenvalue weighted by Crippen LogP contribution is -2.51. The fourth-order valence-corrected chi connectivity index (χ4v) is 6.65. The van der Waals surface area contributed by atoms with Gasteiger partial charge in [-0.05, 0) is 55.7 Å². The van der Waals surface area contributed by atoms with Gasteiger partial charge in [0.15, 0.2) is 4.90 Å². The SMILES string of the molecule is Cc1ccc([S+]([O-])N(CC(C)C)C[C@@H](O)[C@H](Cc2ccccc2)NC(=O)O[C@@H]2C[C@@H]3CCO[C@@H]3C2)cc1. The summed E-state index contributed by atoms with van der Waals surface area (Å²) in [4.78, 5) is 13.6. The number of fused-ring (bicyclic) bond motifs is 1. The summed E-state index contributed by atoms with van der Waals surface area (Å²) in [7, 11) is 0. The lowest BCUT2D eigenvalue weighted by atomic mass is 10.0. The molecule has 202 valence electrons. The van der Waals surface area contributed by atoms with Crippen molar-refractivity contribution in [1.29, 1.82) is 0 Å². The highest BCUT2D eigenvalue weighted by molar-refractivity contribution is 7.89. The second-order valence-corrected chi connectivity index (χ2v) is 12.3. The van der Waals surface area contributed by atoms with Gasteiger partial charge in [0, 0.05) is 19.6 Å². The van der Waals surface area contributed by atoms with Crippen molar-refractivity contribution < 1.29 is 23.9 Å². The number of amides is 1. The maximum atomic E-state index is 13.5. The van der Waals surface area contributed by atoms with E-state index in [0.29, 0.717) is 23.8 Å². The highest BCUT2D eigenvalue weighted by atomic mass is 32.2. The van der Waals surface area contributed by atoms with Gasteiger partial charge in [0.1, 0.15) is 6.10 Å². The van der Waals surface area contributed by atoms with E-state index in [1.807, 2.05) is 61.5 Å². The molecule has 1 aliphatic carbocycles. The minimum atomic E-state index is -1.44. The molecule has 0 aromatic heterocycles. The van der Waals surface area contributed by atoms with Gasteiger partial charge < -0.3 is 24.4 Å². The number of benzene rings is 2. The first-order chi connectivity index (χ1) is 17.8. The van der Waals surface area contributed by atoms with E-state index in [4.69, 9.17) is 9.47 Å². The van der Waals surface area contributed by atoms with Gasteiger partial charge in [-0.25, -0.2) is 4.79 Å². The number of ether oxygens (including phenoxy) is 2. The van der Waals surface area contributed by atoms with Crippen molar-refractivity contribution in [3.63, 3.8) is 0 Å². The van der Waals surface area contributed by atoms with Gasteiger partial charge in [-0.3, -0.25) is 0 Å². The molecule has 2 fully saturated rings. The zero-order valence-corrected chi connectivity index (χ0v) is 22.9. The molecule has 1 unspecified atom stereocenters. The van der Waals surface area contributed by atoms with E-state index in [2.05, 4.69) is 19.2 Å². The molecule has 8 heteroatoms. The molecular formula is C29H40N2O5S. The molecule has 2 aromatic rings. The minimum Gasteiger partial charge on any atom is -0.593 e. The quantitative estimate of drug-likeness (QED) is 0.424. The van der Waals surface area contributed by atoms with Crippen molar-refractivity contribution in [1.82, 2.24) is 9.62 Å². The largest absolute Gasteiger partial charge is 0.593 e. The van der Waals surface area contributed by atoms with Crippen molar-refractivity contribution in [3.8, 4) is 0 Å². The van der Waals surface area contributed by atoms with Crippen molar-refractivity contribution in [2.24, 2.45) is 11.8 Å². The molecule has 2 N–H and O–H groups in total. The first-order valence-corrected chi connectivity index (χ1v) is 14.4. The predicted molar refractivity (Wildman–Crippen MR) is 144 cm³/mol. The molecule has 1 amide bonds. The number of aryl methyl sites for hydroxylation is 1. The van der Waals surface area contributed by atoms with Crippen LogP contribution in [0.2, 0.25) is 0 Å². The molecule has 2 aliphatic rings. The summed E-state index contributed by atoms with van der Waals surface area (Å²) >= 11 is -1.44. The number of nitrogens with zero attached hydrogens (tertiary/aromatic N) is 1. The maximum absolute atomic E-state index is 13.5. The van der Waals surface area contributed by atoms with Crippen LogP contribution in [0, 0.1) is 18.8 Å². The number of nitrogens with one attached hydrogen (secondary N) is 1. The molecular weight excluding hydrogens is 488 g/mol. The minimum absolute atomic E-state index is 0.151. The van der Waals surface area contributed by atoms with Gasteiger partial charge in [0.25, 0.3) is 0 Å². The summed E-state index contributed by atoms with van der Waals surface area (Å²) in [5.41, 5.74) is 2.09. The summed E-state index contributed by atoms with van der Waals surface area (Å²) in [6.45, 7) is 7.60. The lowest BCUT2D eigenvalue weighted by Gasteiger charge is -2.31. The number of alkyl carbamates (subject to hydrolysis) is 1. The van der Waals surface area contributed by atoms with Gasteiger partial charge in [0.05, 0.1) is 36.2 Å². The van der Waals surface area contributed by atoms with E-state index >= 15 is 0 Å². The molecule has 37 heavy (non-hydrogen) atoms. The van der Waals surface area contributed by atoms with Crippen LogP contribution in [0.25, 0.3) is 0 Å². The Morgan fingerprint density at radius 3 is 2.57 bits per heavy atom. The van der Waals surface area contributed by atoms with Crippen LogP contribution in [-0.4, -0.2) is 64.1 Å². The van der Waals surface area contributed by atoms with Crippen LogP contribution in [0.5, 0.6) is 0 Å². The van der Waals surface area contributed by atoms with E-state index in [1.165, 1.54) is 0 Å². The fourth-order valence-electron chi connectivity index (χ4n) is 5.26. The summed E-state index contributed by atoms with van der Waals surface area (Å²) < 4.78 is 26.7. The van der Waals surface area contributed by atoms with Gasteiger partial charge in [-0.15, -0.1) is 4.31 Å². The van der Waals surface area contributed by atoms with Crippen LogP contribution >= 0.6 is 0 Å². The summed E-state index contributed by atoms with van der Waals surface area (Å²) in [5, 5.41) is 14.3. The van der Waals surface area contributed by atoms with E-state index in [9.17, 15) is 14.5 Å². The smallest absolute Gasteiger partial charge is 0.407 e. The van der Waals surface area contributed by atoms with Crippen LogP contribution < -0.4 is 5.32 Å². The maximum Gasteiger partial charge on any atom is 0.407 e. The Bertz CT molecular complexity index is 978. The second kappa shape index (κ2) is 13.1. The van der Waals surface area contributed by atoms with Crippen molar-refractivity contribution in [2.45, 2.75) is 75.7 Å². The molecule has 4 rings (SSSR count). The molecule has 0 radical (unpaired) electrons. The van der Waals surface area contributed by atoms with Gasteiger partial charge in [-0.1, -0.05) is 61.9 Å². The molecule has 0 spiro atoms. The van der Waals surface area contributed by atoms with Gasteiger partial charge in [-0.2, -0.15) is 0 Å². The third-order valence-electron chi connectivity index (χ3n) is 7.16. The highest BCUT2D eigenvalue weighted by Crippen LogP contribution is 2.37. The standard InChI is InChI=1S/C29H40N2O5S/c1-20(2)18-31(37(34)25-11-9-21(3)10-12-25)19-27(32)26(15-22-7-5-4-6-8-22)30-29(33)36-24-16-23-13-14-35-28(23)17-24/h4-12,20,23-24,26-28,32H,13-19H2,1-3H3,(H,30,33)/t23-,24+,26-,27+,28+,37?/m0/s1. The van der Waals surface area contributed by atoms with Gasteiger partial charge in [0.2, 0.25) is 0 Å². The number of aliphatic hydroxyl groups is 1. The molecule has 1 heterocycles. The van der Waals surface area contributed by atoms with Crippen LogP contribution in [-0.2, 0) is 27.3 Å². The van der Waals surface area contributed by atoms with E-state index in [1.54, 1.807) is 4.31 Å². The Morgan fingerprint density at radius 2 is 1.89 bits per heavy atom. The molecule has 1 saturated carbocycles. The molecule has 7 nitrogen and oxygen atoms in total. The lowest BCUT2D eigenvalue weighted by molar-refractivity contribution is 0.0554. The third-order valence-corrected chi connectivity index (χ3v) is 8.61. The number of hydrogen-bond donors (Lipinski definition) is 2. The normalized spacial score (nSPS) is 23.6. The Hall–Kier alpha value is -2.10. The molecule has 2 aromatic carbocycles. The van der Waals surface area contributed by atoms with Crippen LogP contribution in [0.4, 0.5) is 4.79 Å². The number of carbonyl (C=O) groups excluding carboxylic acids is 1. The molecule has 6 atom stereocenters. The fraction of sp³-hybridized carbons (Fsp3) is 0.552. The summed E-state index contributed by atoms with van der Waals surface area (Å²) in [6.07, 6.45) is 1.53. The first-order valence-electron chi connectivity index (χ1n) is 13.3. The Balaban J connectivity index is 1.44. The number of aliphatic hydroxyl groups excluding tert-OH is 1. The predicted octanol–water partition coefficient (Wildman–Crippen LogP) is 4.24. The molecule has 1 aliphatic heterocycles. The second-order valence-electron chi connectivity index (χ2n) is 10.8. The molecule has 0 bridgehead atoms.